The van der Waals surface area contributed by atoms with Crippen molar-refractivity contribution in [1.82, 2.24) is 9.97 Å². The number of hydrogen-bond acceptors (Lipinski definition) is 6. The maximum Gasteiger partial charge on any atom is 0.304 e. The zero-order chi connectivity index (χ0) is 27.8. The van der Waals surface area contributed by atoms with Crippen LogP contribution in [0.1, 0.15) is 63.5 Å². The van der Waals surface area contributed by atoms with Crippen molar-refractivity contribution in [2.75, 3.05) is 16.8 Å². The third-order valence-corrected chi connectivity index (χ3v) is 9.32. The Labute approximate surface area is 238 Å². The van der Waals surface area contributed by atoms with Crippen molar-refractivity contribution < 1.29 is 19.5 Å². The highest BCUT2D eigenvalue weighted by molar-refractivity contribution is 7.14. The standard InChI is InChI=1S/C31H34N4O4S/c1-34-27-15-21(17-32-25(27)12-13-28(34)36)23-8-4-5-9-24(23)26-18-40-31(33-26)35(22-10-11-22)30(39)20(16-29(37)38)14-19-6-2-3-7-19/h4-5,8-9,15,17-20,22H,2-3,6-7,10-14,16H2,1H3,(H,37,38)/t20-/m1/s1. The summed E-state index contributed by atoms with van der Waals surface area (Å²) in [5.41, 5.74) is 5.30. The predicted molar refractivity (Wildman–Crippen MR) is 155 cm³/mol. The van der Waals surface area contributed by atoms with E-state index in [9.17, 15) is 19.5 Å². The summed E-state index contributed by atoms with van der Waals surface area (Å²) in [7, 11) is 1.79. The van der Waals surface area contributed by atoms with Crippen LogP contribution in [0, 0.1) is 11.8 Å². The fourth-order valence-corrected chi connectivity index (χ4v) is 7.09. The van der Waals surface area contributed by atoms with Crippen LogP contribution < -0.4 is 9.80 Å². The highest BCUT2D eigenvalue weighted by Gasteiger charge is 2.40. The Kier molecular flexibility index (Phi) is 7.40. The summed E-state index contributed by atoms with van der Waals surface area (Å²) in [6, 6.07) is 10.1. The molecule has 6 rings (SSSR count). The Bertz CT molecular complexity index is 1440. The minimum Gasteiger partial charge on any atom is -0.481 e. The monoisotopic (exact) mass is 558 g/mol. The zero-order valence-electron chi connectivity index (χ0n) is 22.7. The number of pyridine rings is 1. The van der Waals surface area contributed by atoms with Gasteiger partial charge in [0.1, 0.15) is 0 Å². The van der Waals surface area contributed by atoms with Gasteiger partial charge in [-0.2, -0.15) is 0 Å². The molecule has 9 heteroatoms. The van der Waals surface area contributed by atoms with E-state index in [1.165, 1.54) is 11.3 Å². The Hall–Kier alpha value is -3.59. The van der Waals surface area contributed by atoms with Crippen molar-refractivity contribution in [3.8, 4) is 22.4 Å². The number of aliphatic carboxylic acids is 1. The first kappa shape index (κ1) is 26.6. The van der Waals surface area contributed by atoms with Crippen molar-refractivity contribution in [2.24, 2.45) is 11.8 Å². The van der Waals surface area contributed by atoms with Crippen LogP contribution in [0.4, 0.5) is 10.8 Å². The van der Waals surface area contributed by atoms with Gasteiger partial charge in [-0.15, -0.1) is 11.3 Å². The number of thiazole rings is 1. The van der Waals surface area contributed by atoms with E-state index in [1.54, 1.807) is 16.8 Å². The highest BCUT2D eigenvalue weighted by Crippen LogP contribution is 2.41. The molecule has 1 N–H and O–H groups in total. The van der Waals surface area contributed by atoms with Gasteiger partial charge < -0.3 is 10.0 Å². The fourth-order valence-electron chi connectivity index (χ4n) is 6.19. The second-order valence-corrected chi connectivity index (χ2v) is 12.2. The molecule has 8 nitrogen and oxygen atoms in total. The fraction of sp³-hybridized carbons (Fsp3) is 0.452. The normalized spacial score (nSPS) is 18.0. The third kappa shape index (κ3) is 5.39. The summed E-state index contributed by atoms with van der Waals surface area (Å²) >= 11 is 1.43. The summed E-state index contributed by atoms with van der Waals surface area (Å²) in [4.78, 5) is 51.0. The van der Waals surface area contributed by atoms with E-state index in [-0.39, 0.29) is 24.3 Å². The molecule has 1 atom stereocenters. The lowest BCUT2D eigenvalue weighted by atomic mass is 9.90. The van der Waals surface area contributed by atoms with E-state index in [0.717, 1.165) is 72.3 Å². The molecule has 0 unspecified atom stereocenters. The minimum absolute atomic E-state index is 0.0829. The molecule has 1 aromatic carbocycles. The molecule has 0 saturated heterocycles. The second kappa shape index (κ2) is 11.1. The first-order chi connectivity index (χ1) is 19.4. The van der Waals surface area contributed by atoms with E-state index >= 15 is 0 Å². The third-order valence-electron chi connectivity index (χ3n) is 8.48. The van der Waals surface area contributed by atoms with Gasteiger partial charge in [0.05, 0.1) is 23.5 Å². The van der Waals surface area contributed by atoms with E-state index in [4.69, 9.17) is 4.98 Å². The lowest BCUT2D eigenvalue weighted by Crippen LogP contribution is -2.39. The molecule has 2 saturated carbocycles. The minimum atomic E-state index is -0.924. The summed E-state index contributed by atoms with van der Waals surface area (Å²) in [5, 5.41) is 12.2. The number of amides is 2. The number of fused-ring (bicyclic) bond motifs is 1. The van der Waals surface area contributed by atoms with Crippen LogP contribution in [0.15, 0.2) is 41.9 Å². The van der Waals surface area contributed by atoms with Crippen molar-refractivity contribution in [3.05, 3.63) is 47.6 Å². The molecule has 2 aromatic heterocycles. The van der Waals surface area contributed by atoms with Crippen molar-refractivity contribution in [1.29, 1.82) is 0 Å². The van der Waals surface area contributed by atoms with Crippen LogP contribution in [-0.4, -0.2) is 45.9 Å². The van der Waals surface area contributed by atoms with Crippen LogP contribution in [-0.2, 0) is 20.8 Å². The molecule has 2 aliphatic carbocycles. The second-order valence-electron chi connectivity index (χ2n) is 11.3. The molecular formula is C31H34N4O4S. The van der Waals surface area contributed by atoms with Crippen LogP contribution in [0.5, 0.6) is 0 Å². The summed E-state index contributed by atoms with van der Waals surface area (Å²) in [5.74, 6) is -1.04. The molecule has 208 valence electrons. The van der Waals surface area contributed by atoms with Gasteiger partial charge in [-0.3, -0.25) is 24.3 Å². The zero-order valence-corrected chi connectivity index (χ0v) is 23.5. The Morgan fingerprint density at radius 2 is 1.88 bits per heavy atom. The first-order valence-electron chi connectivity index (χ1n) is 14.2. The Balaban J connectivity index is 1.30. The number of carboxylic acids is 1. The topological polar surface area (TPSA) is 104 Å². The number of aryl methyl sites for hydroxylation is 1. The van der Waals surface area contributed by atoms with Crippen molar-refractivity contribution >= 4 is 39.9 Å². The van der Waals surface area contributed by atoms with Gasteiger partial charge in [0.25, 0.3) is 0 Å². The molecule has 0 spiro atoms. The molecule has 40 heavy (non-hydrogen) atoms. The number of benzene rings is 1. The Morgan fingerprint density at radius 1 is 1.12 bits per heavy atom. The number of carbonyl (C=O) groups excluding carboxylic acids is 2. The lowest BCUT2D eigenvalue weighted by Gasteiger charge is -2.26. The predicted octanol–water partition coefficient (Wildman–Crippen LogP) is 5.95. The quantitative estimate of drug-likeness (QED) is 0.348. The molecule has 0 radical (unpaired) electrons. The van der Waals surface area contributed by atoms with E-state index in [0.29, 0.717) is 30.3 Å². The maximum atomic E-state index is 13.9. The average Bonchev–Trinajstić information content (AvgIpc) is 3.42. The summed E-state index contributed by atoms with van der Waals surface area (Å²) in [6.45, 7) is 0. The molecule has 2 amide bonds. The number of rotatable bonds is 9. The average molecular weight is 559 g/mol. The summed E-state index contributed by atoms with van der Waals surface area (Å²) in [6.07, 6.45) is 9.76. The number of hydrogen-bond donors (Lipinski definition) is 1. The number of anilines is 2. The number of nitrogens with zero attached hydrogens (tertiary/aromatic N) is 4. The largest absolute Gasteiger partial charge is 0.481 e. The van der Waals surface area contributed by atoms with Crippen LogP contribution >= 0.6 is 11.3 Å². The van der Waals surface area contributed by atoms with Crippen molar-refractivity contribution in [2.45, 2.75) is 70.3 Å². The van der Waals surface area contributed by atoms with Gasteiger partial charge in [-0.25, -0.2) is 4.98 Å². The van der Waals surface area contributed by atoms with E-state index in [1.807, 2.05) is 41.9 Å². The number of carbonyl (C=O) groups is 3. The van der Waals surface area contributed by atoms with Crippen LogP contribution in [0.2, 0.25) is 0 Å². The maximum absolute atomic E-state index is 13.9. The summed E-state index contributed by atoms with van der Waals surface area (Å²) < 4.78 is 0. The van der Waals surface area contributed by atoms with Gasteiger partial charge in [0.2, 0.25) is 11.8 Å². The molecule has 3 aliphatic rings. The van der Waals surface area contributed by atoms with Gasteiger partial charge in [0, 0.05) is 54.6 Å². The van der Waals surface area contributed by atoms with Crippen LogP contribution in [0.25, 0.3) is 22.4 Å². The molecular weight excluding hydrogens is 524 g/mol. The molecule has 0 bridgehead atoms. The molecule has 2 fully saturated rings. The van der Waals surface area contributed by atoms with Gasteiger partial charge in [-0.05, 0) is 36.8 Å². The molecule has 3 heterocycles. The van der Waals surface area contributed by atoms with E-state index in [2.05, 4.69) is 4.98 Å². The van der Waals surface area contributed by atoms with Crippen molar-refractivity contribution in [3.63, 3.8) is 0 Å². The smallest absolute Gasteiger partial charge is 0.304 e. The number of aromatic nitrogens is 2. The van der Waals surface area contributed by atoms with Gasteiger partial charge in [-0.1, -0.05) is 49.9 Å². The van der Waals surface area contributed by atoms with Gasteiger partial charge in [0.15, 0.2) is 5.13 Å². The lowest BCUT2D eigenvalue weighted by molar-refractivity contribution is -0.141. The van der Waals surface area contributed by atoms with Crippen LogP contribution in [0.3, 0.4) is 0 Å². The first-order valence-corrected chi connectivity index (χ1v) is 15.1. The SMILES string of the molecule is CN1C(=O)CCc2ncc(-c3ccccc3-c3csc(N(C(=O)[C@@H](CC(=O)O)CC4CCCC4)C4CC4)n3)cc21. The van der Waals surface area contributed by atoms with Gasteiger partial charge >= 0.3 is 5.97 Å². The highest BCUT2D eigenvalue weighted by atomic mass is 32.1. The molecule has 3 aromatic rings. The number of carboxylic acid groups (broad SMARTS) is 1. The van der Waals surface area contributed by atoms with E-state index < -0.39 is 11.9 Å². The molecule has 1 aliphatic heterocycles. The Morgan fingerprint density at radius 3 is 2.60 bits per heavy atom.